The van der Waals surface area contributed by atoms with Crippen LogP contribution in [0.5, 0.6) is 0 Å². The average molecular weight is 758 g/mol. The zero-order valence-electron chi connectivity index (χ0n) is 31.1. The minimum absolute atomic E-state index is 0.588. The topological polar surface area (TPSA) is 51.8 Å². The Balaban J connectivity index is 1.14. The van der Waals surface area contributed by atoms with Gasteiger partial charge in [-0.2, -0.15) is 0 Å². The van der Waals surface area contributed by atoms with Crippen molar-refractivity contribution in [1.29, 1.82) is 0 Å². The van der Waals surface area contributed by atoms with E-state index in [9.17, 15) is 0 Å². The second-order valence-electron chi connectivity index (χ2n) is 14.7. The van der Waals surface area contributed by atoms with Gasteiger partial charge in [0.15, 0.2) is 17.5 Å². The molecule has 0 fully saturated rings. The van der Waals surface area contributed by atoms with Crippen LogP contribution in [0.1, 0.15) is 0 Å². The Morgan fingerprint density at radius 2 is 0.810 bits per heavy atom. The molecule has 0 atom stereocenters. The van der Waals surface area contributed by atoms with Crippen LogP contribution in [-0.4, -0.2) is 15.0 Å². The predicted octanol–water partition coefficient (Wildman–Crippen LogP) is 14.8. The van der Waals surface area contributed by atoms with Crippen LogP contribution in [0.2, 0.25) is 0 Å². The van der Waals surface area contributed by atoms with Crippen molar-refractivity contribution in [2.75, 3.05) is 0 Å². The molecule has 12 rings (SSSR count). The molecule has 3 heterocycles. The lowest BCUT2D eigenvalue weighted by molar-refractivity contribution is 0.669. The molecule has 0 aliphatic heterocycles. The SMILES string of the molecule is c1ccc(-c2cccc3oc4cccc(-c5nc(-c6ccccc6-c6cccc7c6sc6c8ccccc8ccc76)nc(-c6cccc7ccccc67)n5)c4c23)cc1. The molecule has 4 nitrogen and oxygen atoms in total. The zero-order valence-corrected chi connectivity index (χ0v) is 31.9. The van der Waals surface area contributed by atoms with E-state index in [0.717, 1.165) is 71.7 Å². The molecule has 0 saturated carbocycles. The average Bonchev–Trinajstić information content (AvgIpc) is 3.88. The minimum Gasteiger partial charge on any atom is -0.456 e. The van der Waals surface area contributed by atoms with Gasteiger partial charge >= 0.3 is 0 Å². The van der Waals surface area contributed by atoms with E-state index in [1.165, 1.54) is 30.9 Å². The van der Waals surface area contributed by atoms with E-state index in [-0.39, 0.29) is 0 Å². The molecule has 5 heteroatoms. The monoisotopic (exact) mass is 757 g/mol. The van der Waals surface area contributed by atoms with Crippen molar-refractivity contribution in [2.45, 2.75) is 0 Å². The van der Waals surface area contributed by atoms with E-state index >= 15 is 0 Å². The van der Waals surface area contributed by atoms with Gasteiger partial charge in [-0.3, -0.25) is 0 Å². The third-order valence-electron chi connectivity index (χ3n) is 11.4. The molecule has 3 aromatic heterocycles. The first kappa shape index (κ1) is 32.7. The van der Waals surface area contributed by atoms with Crippen LogP contribution >= 0.6 is 11.3 Å². The van der Waals surface area contributed by atoms with E-state index in [0.29, 0.717) is 17.5 Å². The Hall–Kier alpha value is -7.47. The first-order valence-corrected chi connectivity index (χ1v) is 20.3. The molecular formula is C53H31N3OS. The Morgan fingerprint density at radius 1 is 0.310 bits per heavy atom. The normalized spacial score (nSPS) is 11.8. The van der Waals surface area contributed by atoms with Gasteiger partial charge in [0.1, 0.15) is 11.2 Å². The van der Waals surface area contributed by atoms with E-state index in [4.69, 9.17) is 19.4 Å². The molecule has 0 unspecified atom stereocenters. The summed E-state index contributed by atoms with van der Waals surface area (Å²) >= 11 is 1.86. The van der Waals surface area contributed by atoms with E-state index in [1.807, 2.05) is 35.6 Å². The number of aromatic nitrogens is 3. The number of rotatable bonds is 5. The number of hydrogen-bond acceptors (Lipinski definition) is 5. The highest BCUT2D eigenvalue weighted by Crippen LogP contribution is 2.46. The van der Waals surface area contributed by atoms with Gasteiger partial charge in [0.25, 0.3) is 0 Å². The van der Waals surface area contributed by atoms with Crippen molar-refractivity contribution in [1.82, 2.24) is 15.0 Å². The third-order valence-corrected chi connectivity index (χ3v) is 12.6. The first-order valence-electron chi connectivity index (χ1n) is 19.4. The summed E-state index contributed by atoms with van der Waals surface area (Å²) in [6.45, 7) is 0. The Bertz CT molecular complexity index is 3580. The highest BCUT2D eigenvalue weighted by Gasteiger charge is 2.22. The molecule has 9 aromatic carbocycles. The number of thiophene rings is 1. The molecule has 0 aliphatic carbocycles. The zero-order chi connectivity index (χ0) is 38.2. The molecule has 270 valence electrons. The van der Waals surface area contributed by atoms with E-state index in [2.05, 4.69) is 164 Å². The summed E-state index contributed by atoms with van der Waals surface area (Å²) in [5.41, 5.74) is 8.84. The number of hydrogen-bond donors (Lipinski definition) is 0. The summed E-state index contributed by atoms with van der Waals surface area (Å²) in [6, 6.07) is 66.0. The second kappa shape index (κ2) is 13.1. The lowest BCUT2D eigenvalue weighted by atomic mass is 9.96. The third kappa shape index (κ3) is 5.11. The molecule has 0 amide bonds. The summed E-state index contributed by atoms with van der Waals surface area (Å²) in [4.78, 5) is 16.1. The quantitative estimate of drug-likeness (QED) is 0.175. The molecule has 0 bridgehead atoms. The standard InChI is InChI=1S/C53H31N3OS/c1-2-14-33(15-3-1)36-23-12-28-45-47(36)48-44(27-13-29-46(48)57-45)53-55-51(42-26-10-18-32-16-4-6-19-35(32)42)54-52(56-53)43-22-9-8-21-38(43)39-24-11-25-40-41-31-30-34-17-5-7-20-37(34)49(41)58-50(39)40/h1-31H. The van der Waals surface area contributed by atoms with Gasteiger partial charge in [-0.15, -0.1) is 11.3 Å². The van der Waals surface area contributed by atoms with Crippen molar-refractivity contribution in [2.24, 2.45) is 0 Å². The lowest BCUT2D eigenvalue weighted by Crippen LogP contribution is -2.01. The Kier molecular flexibility index (Phi) is 7.37. The number of nitrogens with zero attached hydrogens (tertiary/aromatic N) is 3. The van der Waals surface area contributed by atoms with E-state index in [1.54, 1.807) is 0 Å². The molecule has 58 heavy (non-hydrogen) atoms. The fourth-order valence-corrected chi connectivity index (χ4v) is 10.1. The first-order chi connectivity index (χ1) is 28.8. The molecule has 0 aliphatic rings. The maximum absolute atomic E-state index is 6.56. The van der Waals surface area contributed by atoms with Gasteiger partial charge in [-0.25, -0.2) is 15.0 Å². The summed E-state index contributed by atoms with van der Waals surface area (Å²) in [5, 5.41) is 9.28. The smallest absolute Gasteiger partial charge is 0.164 e. The van der Waals surface area contributed by atoms with E-state index < -0.39 is 0 Å². The highest BCUT2D eigenvalue weighted by molar-refractivity contribution is 7.27. The summed E-state index contributed by atoms with van der Waals surface area (Å²) in [5.74, 6) is 1.82. The number of furan rings is 1. The van der Waals surface area contributed by atoms with Gasteiger partial charge < -0.3 is 4.42 Å². The second-order valence-corrected chi connectivity index (χ2v) is 15.7. The van der Waals surface area contributed by atoms with Gasteiger partial charge in [-0.05, 0) is 50.4 Å². The summed E-state index contributed by atoms with van der Waals surface area (Å²) < 4.78 is 9.11. The van der Waals surface area contributed by atoms with Crippen LogP contribution < -0.4 is 0 Å². The van der Waals surface area contributed by atoms with Crippen molar-refractivity contribution in [3.63, 3.8) is 0 Å². The van der Waals surface area contributed by atoms with Crippen LogP contribution in [0.3, 0.4) is 0 Å². The van der Waals surface area contributed by atoms with Crippen molar-refractivity contribution in [3.05, 3.63) is 188 Å². The van der Waals surface area contributed by atoms with Crippen LogP contribution in [0, 0.1) is 0 Å². The summed E-state index contributed by atoms with van der Waals surface area (Å²) in [6.07, 6.45) is 0. The number of benzene rings is 9. The molecule has 0 spiro atoms. The maximum Gasteiger partial charge on any atom is 0.164 e. The molecular weight excluding hydrogens is 727 g/mol. The Labute approximate surface area is 337 Å². The van der Waals surface area contributed by atoms with Crippen molar-refractivity contribution < 1.29 is 4.42 Å². The highest BCUT2D eigenvalue weighted by atomic mass is 32.1. The largest absolute Gasteiger partial charge is 0.456 e. The predicted molar refractivity (Wildman–Crippen MR) is 242 cm³/mol. The lowest BCUT2D eigenvalue weighted by Gasteiger charge is -2.14. The van der Waals surface area contributed by atoms with Crippen LogP contribution in [0.4, 0.5) is 0 Å². The molecule has 12 aromatic rings. The van der Waals surface area contributed by atoms with Crippen LogP contribution in [0.15, 0.2) is 192 Å². The van der Waals surface area contributed by atoms with Crippen LogP contribution in [-0.2, 0) is 0 Å². The molecule has 0 radical (unpaired) electrons. The van der Waals surface area contributed by atoms with Crippen molar-refractivity contribution >= 4 is 75.0 Å². The van der Waals surface area contributed by atoms with Gasteiger partial charge in [-0.1, -0.05) is 176 Å². The molecule has 0 N–H and O–H groups in total. The fourth-order valence-electron chi connectivity index (χ4n) is 8.72. The maximum atomic E-state index is 6.56. The van der Waals surface area contributed by atoms with Crippen LogP contribution in [0.25, 0.3) is 120 Å². The number of fused-ring (bicyclic) bond motifs is 9. The fraction of sp³-hybridized carbons (Fsp3) is 0. The molecule has 0 saturated heterocycles. The van der Waals surface area contributed by atoms with Gasteiger partial charge in [0.2, 0.25) is 0 Å². The Morgan fingerprint density at radius 3 is 1.62 bits per heavy atom. The van der Waals surface area contributed by atoms with Gasteiger partial charge in [0, 0.05) is 53.2 Å². The van der Waals surface area contributed by atoms with Crippen molar-refractivity contribution in [3.8, 4) is 56.4 Å². The minimum atomic E-state index is 0.588. The van der Waals surface area contributed by atoms with Gasteiger partial charge in [0.05, 0.1) is 0 Å². The summed E-state index contributed by atoms with van der Waals surface area (Å²) in [7, 11) is 0.